The highest BCUT2D eigenvalue weighted by Crippen LogP contribution is 2.41. The predicted molar refractivity (Wildman–Crippen MR) is 91.8 cm³/mol. The fourth-order valence-electron chi connectivity index (χ4n) is 4.37. The van der Waals surface area contributed by atoms with Crippen LogP contribution in [0.15, 0.2) is 11.6 Å². The maximum Gasteiger partial charge on any atom is 0.331 e. The third kappa shape index (κ3) is 5.61. The Kier molecular flexibility index (Phi) is 7.79. The Morgan fingerprint density at radius 3 is 2.18 bits per heavy atom. The van der Waals surface area contributed by atoms with Crippen molar-refractivity contribution in [2.45, 2.75) is 83.7 Å². The first kappa shape index (κ1) is 17.8. The number of rotatable bonds is 6. The van der Waals surface area contributed by atoms with Gasteiger partial charge in [0.1, 0.15) is 6.10 Å². The molecule has 0 amide bonds. The van der Waals surface area contributed by atoms with Crippen LogP contribution in [0.5, 0.6) is 0 Å². The Hall–Kier alpha value is -0.500. The van der Waals surface area contributed by atoms with Gasteiger partial charge in [-0.25, -0.2) is 4.79 Å². The smallest absolute Gasteiger partial charge is 0.331 e. The van der Waals surface area contributed by atoms with Crippen LogP contribution in [0.25, 0.3) is 0 Å². The van der Waals surface area contributed by atoms with E-state index < -0.39 is 0 Å². The highest BCUT2D eigenvalue weighted by Gasteiger charge is 2.31. The molecule has 2 fully saturated rings. The maximum absolute atomic E-state index is 11.4. The summed E-state index contributed by atoms with van der Waals surface area (Å²) in [5.74, 6) is 2.49. The molecule has 0 radical (unpaired) electrons. The van der Waals surface area contributed by atoms with Crippen LogP contribution in [-0.4, -0.2) is 12.1 Å². The number of hydrogen-bond acceptors (Lipinski definition) is 2. The van der Waals surface area contributed by atoms with E-state index in [2.05, 4.69) is 6.92 Å². The molecule has 0 aromatic rings. The van der Waals surface area contributed by atoms with Crippen LogP contribution in [0, 0.1) is 17.8 Å². The molecule has 0 aromatic carbocycles. The molecular weight excluding hydrogens is 296 g/mol. The van der Waals surface area contributed by atoms with Gasteiger partial charge in [-0.1, -0.05) is 50.6 Å². The fourth-order valence-corrected chi connectivity index (χ4v) is 4.48. The summed E-state index contributed by atoms with van der Waals surface area (Å²) in [6.07, 6.45) is 15.9. The minimum absolute atomic E-state index is 0.109. The summed E-state index contributed by atoms with van der Waals surface area (Å²) in [6.45, 7) is 2.29. The summed E-state index contributed by atoms with van der Waals surface area (Å²) in [5, 5.41) is 0. The van der Waals surface area contributed by atoms with Crippen LogP contribution in [0.2, 0.25) is 0 Å². The summed E-state index contributed by atoms with van der Waals surface area (Å²) in [6, 6.07) is 0. The molecular formula is C19H31ClO2. The van der Waals surface area contributed by atoms with Crippen molar-refractivity contribution < 1.29 is 9.53 Å². The van der Waals surface area contributed by atoms with E-state index in [0.29, 0.717) is 0 Å². The van der Waals surface area contributed by atoms with Crippen molar-refractivity contribution in [2.75, 3.05) is 0 Å². The van der Waals surface area contributed by atoms with Gasteiger partial charge in [0.05, 0.1) is 0 Å². The minimum Gasteiger partial charge on any atom is -0.459 e. The van der Waals surface area contributed by atoms with Crippen LogP contribution in [0.1, 0.15) is 77.6 Å². The monoisotopic (exact) mass is 326 g/mol. The topological polar surface area (TPSA) is 26.3 Å². The first-order valence-electron chi connectivity index (χ1n) is 9.20. The summed E-state index contributed by atoms with van der Waals surface area (Å²) in [7, 11) is 0. The highest BCUT2D eigenvalue weighted by molar-refractivity contribution is 6.26. The molecule has 0 saturated heterocycles. The molecule has 126 valence electrons. The van der Waals surface area contributed by atoms with E-state index in [1.165, 1.54) is 69.4 Å². The lowest BCUT2D eigenvalue weighted by Gasteiger charge is -2.37. The third-order valence-electron chi connectivity index (χ3n) is 5.72. The average molecular weight is 327 g/mol. The molecule has 0 unspecified atom stereocenters. The molecule has 2 nitrogen and oxygen atoms in total. The first-order chi connectivity index (χ1) is 10.7. The number of ether oxygens (including phenoxy) is 1. The van der Waals surface area contributed by atoms with E-state index in [1.54, 1.807) is 0 Å². The van der Waals surface area contributed by atoms with Crippen molar-refractivity contribution in [1.82, 2.24) is 0 Å². The number of halogens is 1. The lowest BCUT2D eigenvalue weighted by molar-refractivity contribution is -0.145. The molecule has 0 aromatic heterocycles. The second-order valence-electron chi connectivity index (χ2n) is 7.19. The van der Waals surface area contributed by atoms with Gasteiger partial charge in [-0.2, -0.15) is 0 Å². The molecule has 0 bridgehead atoms. The molecule has 0 aliphatic heterocycles. The van der Waals surface area contributed by atoms with Crippen molar-refractivity contribution in [2.24, 2.45) is 17.8 Å². The van der Waals surface area contributed by atoms with Crippen LogP contribution in [0.4, 0.5) is 0 Å². The van der Waals surface area contributed by atoms with Crippen molar-refractivity contribution in [1.29, 1.82) is 0 Å². The zero-order valence-electron chi connectivity index (χ0n) is 13.9. The lowest BCUT2D eigenvalue weighted by Crippen LogP contribution is -2.29. The zero-order chi connectivity index (χ0) is 15.8. The Morgan fingerprint density at radius 1 is 1.05 bits per heavy atom. The molecule has 2 aliphatic carbocycles. The van der Waals surface area contributed by atoms with Gasteiger partial charge in [-0.05, 0) is 56.3 Å². The Labute approximate surface area is 140 Å². The molecule has 0 heterocycles. The van der Waals surface area contributed by atoms with Gasteiger partial charge in [0.15, 0.2) is 0 Å². The van der Waals surface area contributed by atoms with Gasteiger partial charge in [0.25, 0.3) is 0 Å². The van der Waals surface area contributed by atoms with Gasteiger partial charge < -0.3 is 4.74 Å². The predicted octanol–water partition coefficient (Wildman–Crippen LogP) is 5.84. The SMILES string of the molecule is CCCCC1CCC(C2CCC(OC(=O)/C=C/Cl)CC2)CC1. The standard InChI is InChI=1S/C19H31ClO2/c1-2-3-4-15-5-7-16(8-6-15)17-9-11-18(12-10-17)22-19(21)13-14-20/h13-18H,2-12H2,1H3/b14-13+. The quantitative estimate of drug-likeness (QED) is 0.453. The van der Waals surface area contributed by atoms with E-state index in [1.807, 2.05) is 0 Å². The largest absolute Gasteiger partial charge is 0.459 e. The molecule has 2 saturated carbocycles. The van der Waals surface area contributed by atoms with E-state index in [4.69, 9.17) is 16.3 Å². The van der Waals surface area contributed by atoms with Gasteiger partial charge in [-0.15, -0.1) is 0 Å². The Morgan fingerprint density at radius 2 is 1.64 bits per heavy atom. The first-order valence-corrected chi connectivity index (χ1v) is 9.64. The van der Waals surface area contributed by atoms with Crippen LogP contribution in [0.3, 0.4) is 0 Å². The molecule has 2 aliphatic rings. The van der Waals surface area contributed by atoms with Gasteiger partial charge in [-0.3, -0.25) is 0 Å². The maximum atomic E-state index is 11.4. The summed E-state index contributed by atoms with van der Waals surface area (Å²) in [5.41, 5.74) is 1.23. The van der Waals surface area contributed by atoms with Crippen LogP contribution >= 0.6 is 11.6 Å². The molecule has 22 heavy (non-hydrogen) atoms. The molecule has 0 spiro atoms. The molecule has 3 heteroatoms. The number of unbranched alkanes of at least 4 members (excludes halogenated alkanes) is 1. The number of esters is 1. The summed E-state index contributed by atoms with van der Waals surface area (Å²) >= 11 is 5.40. The minimum atomic E-state index is -0.296. The highest BCUT2D eigenvalue weighted by atomic mass is 35.5. The Bertz CT molecular complexity index is 350. The molecule has 0 N–H and O–H groups in total. The second kappa shape index (κ2) is 9.60. The summed E-state index contributed by atoms with van der Waals surface area (Å²) < 4.78 is 5.42. The second-order valence-corrected chi connectivity index (χ2v) is 7.44. The number of carbonyl (C=O) groups excluding carboxylic acids is 1. The van der Waals surface area contributed by atoms with Crippen molar-refractivity contribution in [3.8, 4) is 0 Å². The van der Waals surface area contributed by atoms with E-state index >= 15 is 0 Å². The lowest BCUT2D eigenvalue weighted by atomic mass is 9.70. The average Bonchev–Trinajstić information content (AvgIpc) is 2.54. The fraction of sp³-hybridized carbons (Fsp3) is 0.842. The van der Waals surface area contributed by atoms with E-state index in [9.17, 15) is 4.79 Å². The van der Waals surface area contributed by atoms with Gasteiger partial charge >= 0.3 is 5.97 Å². The van der Waals surface area contributed by atoms with Crippen LogP contribution < -0.4 is 0 Å². The molecule has 2 rings (SSSR count). The van der Waals surface area contributed by atoms with Crippen LogP contribution in [-0.2, 0) is 9.53 Å². The van der Waals surface area contributed by atoms with Gasteiger partial charge in [0.2, 0.25) is 0 Å². The normalized spacial score (nSPS) is 33.0. The van der Waals surface area contributed by atoms with Crippen molar-refractivity contribution in [3.63, 3.8) is 0 Å². The Balaban J connectivity index is 1.66. The molecule has 0 atom stereocenters. The zero-order valence-corrected chi connectivity index (χ0v) is 14.7. The van der Waals surface area contributed by atoms with E-state index in [0.717, 1.165) is 30.6 Å². The van der Waals surface area contributed by atoms with Crippen molar-refractivity contribution >= 4 is 17.6 Å². The van der Waals surface area contributed by atoms with E-state index in [-0.39, 0.29) is 12.1 Å². The number of carbonyl (C=O) groups is 1. The van der Waals surface area contributed by atoms with Crippen molar-refractivity contribution in [3.05, 3.63) is 11.6 Å². The summed E-state index contributed by atoms with van der Waals surface area (Å²) in [4.78, 5) is 11.4. The van der Waals surface area contributed by atoms with Gasteiger partial charge in [0, 0.05) is 11.6 Å². The third-order valence-corrected chi connectivity index (χ3v) is 5.85. The number of hydrogen-bond donors (Lipinski definition) is 0.